The predicted octanol–water partition coefficient (Wildman–Crippen LogP) is 1.54. The third-order valence-corrected chi connectivity index (χ3v) is 4.96. The smallest absolute Gasteiger partial charge is 0.224 e. The number of amides is 1. The maximum absolute atomic E-state index is 12.0. The van der Waals surface area contributed by atoms with Crippen molar-refractivity contribution in [1.29, 1.82) is 0 Å². The van der Waals surface area contributed by atoms with Gasteiger partial charge in [0, 0.05) is 31.4 Å². The molecule has 0 spiro atoms. The van der Waals surface area contributed by atoms with Gasteiger partial charge in [0.1, 0.15) is 12.1 Å². The van der Waals surface area contributed by atoms with Crippen LogP contribution in [0.15, 0.2) is 29.2 Å². The predicted molar refractivity (Wildman–Crippen MR) is 94.2 cm³/mol. The fourth-order valence-corrected chi connectivity index (χ4v) is 3.64. The molecule has 0 aromatic carbocycles. The summed E-state index contributed by atoms with van der Waals surface area (Å²) in [5.74, 6) is 0.766. The van der Waals surface area contributed by atoms with Crippen LogP contribution in [-0.4, -0.2) is 46.2 Å². The number of carbonyl (C=O) groups excluding carboxylic acids is 1. The molecule has 3 heterocycles. The van der Waals surface area contributed by atoms with Gasteiger partial charge in [-0.1, -0.05) is 0 Å². The SMILES string of the molecule is Cc1cc(N2CCC[C@@](O)(CNC(=O)Cc3ccsc3)C2)ncn1. The number of carbonyl (C=O) groups is 1. The summed E-state index contributed by atoms with van der Waals surface area (Å²) >= 11 is 1.58. The summed E-state index contributed by atoms with van der Waals surface area (Å²) in [6, 6.07) is 3.86. The van der Waals surface area contributed by atoms with E-state index >= 15 is 0 Å². The molecular weight excluding hydrogens is 324 g/mol. The normalized spacial score (nSPS) is 20.8. The number of nitrogens with zero attached hydrogens (tertiary/aromatic N) is 3. The molecular formula is C17H22N4O2S. The summed E-state index contributed by atoms with van der Waals surface area (Å²) < 4.78 is 0. The average molecular weight is 346 g/mol. The monoisotopic (exact) mass is 346 g/mol. The second-order valence-corrected chi connectivity index (χ2v) is 7.13. The van der Waals surface area contributed by atoms with Crippen molar-refractivity contribution < 1.29 is 9.90 Å². The molecule has 0 radical (unpaired) electrons. The van der Waals surface area contributed by atoms with Crippen LogP contribution in [0.2, 0.25) is 0 Å². The van der Waals surface area contributed by atoms with Gasteiger partial charge in [0.25, 0.3) is 0 Å². The number of thiophene rings is 1. The molecule has 0 unspecified atom stereocenters. The standard InChI is InChI=1S/C17H22N4O2S/c1-13-7-15(20-12-19-13)21-5-2-4-17(23,11-21)10-18-16(22)8-14-3-6-24-9-14/h3,6-7,9,12,23H,2,4-5,8,10-11H2,1H3,(H,18,22)/t17-/m1/s1. The van der Waals surface area contributed by atoms with E-state index in [2.05, 4.69) is 20.2 Å². The molecule has 1 fully saturated rings. The number of aromatic nitrogens is 2. The Morgan fingerprint density at radius 3 is 3.12 bits per heavy atom. The van der Waals surface area contributed by atoms with Crippen molar-refractivity contribution in [2.75, 3.05) is 24.5 Å². The van der Waals surface area contributed by atoms with Crippen molar-refractivity contribution >= 4 is 23.1 Å². The van der Waals surface area contributed by atoms with Gasteiger partial charge in [-0.3, -0.25) is 4.79 Å². The molecule has 7 heteroatoms. The summed E-state index contributed by atoms with van der Waals surface area (Å²) in [5, 5.41) is 17.6. The second kappa shape index (κ2) is 7.27. The zero-order chi connectivity index (χ0) is 17.0. The second-order valence-electron chi connectivity index (χ2n) is 6.35. The van der Waals surface area contributed by atoms with Gasteiger partial charge in [0.2, 0.25) is 5.91 Å². The highest BCUT2D eigenvalue weighted by molar-refractivity contribution is 7.07. The molecule has 2 aromatic heterocycles. The van der Waals surface area contributed by atoms with E-state index in [1.807, 2.05) is 29.8 Å². The first-order valence-electron chi connectivity index (χ1n) is 8.08. The van der Waals surface area contributed by atoms with Crippen LogP contribution in [0.5, 0.6) is 0 Å². The summed E-state index contributed by atoms with van der Waals surface area (Å²) in [5.41, 5.74) is 0.978. The molecule has 128 valence electrons. The highest BCUT2D eigenvalue weighted by Gasteiger charge is 2.34. The summed E-state index contributed by atoms with van der Waals surface area (Å²) in [6.45, 7) is 3.49. The number of piperidine rings is 1. The van der Waals surface area contributed by atoms with E-state index in [1.54, 1.807) is 17.7 Å². The Bertz CT molecular complexity index is 692. The zero-order valence-electron chi connectivity index (χ0n) is 13.7. The molecule has 0 saturated carbocycles. The molecule has 1 atom stereocenters. The maximum atomic E-state index is 12.0. The fraction of sp³-hybridized carbons (Fsp3) is 0.471. The number of nitrogens with one attached hydrogen (secondary N) is 1. The van der Waals surface area contributed by atoms with Crippen LogP contribution in [0, 0.1) is 6.92 Å². The third-order valence-electron chi connectivity index (χ3n) is 4.23. The topological polar surface area (TPSA) is 78.4 Å². The summed E-state index contributed by atoms with van der Waals surface area (Å²) in [7, 11) is 0. The van der Waals surface area contributed by atoms with E-state index in [0.717, 1.165) is 30.0 Å². The minimum Gasteiger partial charge on any atom is -0.386 e. The van der Waals surface area contributed by atoms with E-state index in [-0.39, 0.29) is 12.5 Å². The number of anilines is 1. The van der Waals surface area contributed by atoms with Crippen molar-refractivity contribution in [3.05, 3.63) is 40.5 Å². The third kappa shape index (κ3) is 4.30. The fourth-order valence-electron chi connectivity index (χ4n) is 2.97. The Morgan fingerprint density at radius 1 is 1.50 bits per heavy atom. The quantitative estimate of drug-likeness (QED) is 0.859. The molecule has 2 N–H and O–H groups in total. The van der Waals surface area contributed by atoms with E-state index < -0.39 is 5.60 Å². The van der Waals surface area contributed by atoms with Crippen LogP contribution in [0.25, 0.3) is 0 Å². The van der Waals surface area contributed by atoms with Crippen LogP contribution >= 0.6 is 11.3 Å². The van der Waals surface area contributed by atoms with Crippen LogP contribution in [0.4, 0.5) is 5.82 Å². The van der Waals surface area contributed by atoms with Gasteiger partial charge >= 0.3 is 0 Å². The molecule has 24 heavy (non-hydrogen) atoms. The lowest BCUT2D eigenvalue weighted by molar-refractivity contribution is -0.121. The van der Waals surface area contributed by atoms with Gasteiger partial charge < -0.3 is 15.3 Å². The molecule has 0 aliphatic carbocycles. The number of aliphatic hydroxyl groups is 1. The Kier molecular flexibility index (Phi) is 5.11. The molecule has 0 bridgehead atoms. The highest BCUT2D eigenvalue weighted by atomic mass is 32.1. The average Bonchev–Trinajstić information content (AvgIpc) is 3.06. The number of rotatable bonds is 5. The van der Waals surface area contributed by atoms with Crippen molar-refractivity contribution in [3.63, 3.8) is 0 Å². The lowest BCUT2D eigenvalue weighted by atomic mass is 9.92. The van der Waals surface area contributed by atoms with Gasteiger partial charge in [0.05, 0.1) is 12.0 Å². The lowest BCUT2D eigenvalue weighted by Crippen LogP contribution is -2.54. The molecule has 1 amide bonds. The van der Waals surface area contributed by atoms with Crippen LogP contribution < -0.4 is 10.2 Å². The van der Waals surface area contributed by atoms with Crippen molar-refractivity contribution in [3.8, 4) is 0 Å². The number of aryl methyl sites for hydroxylation is 1. The number of hydrogen-bond acceptors (Lipinski definition) is 6. The van der Waals surface area contributed by atoms with Gasteiger partial charge in [-0.25, -0.2) is 9.97 Å². The molecule has 1 saturated heterocycles. The van der Waals surface area contributed by atoms with E-state index in [0.29, 0.717) is 19.4 Å². The Hall–Kier alpha value is -1.99. The van der Waals surface area contributed by atoms with E-state index in [9.17, 15) is 9.90 Å². The molecule has 3 rings (SSSR count). The van der Waals surface area contributed by atoms with E-state index in [4.69, 9.17) is 0 Å². The van der Waals surface area contributed by atoms with E-state index in [1.165, 1.54) is 0 Å². The van der Waals surface area contributed by atoms with Crippen LogP contribution in [0.1, 0.15) is 24.1 Å². The lowest BCUT2D eigenvalue weighted by Gasteiger charge is -2.39. The first kappa shape index (κ1) is 16.9. The molecule has 1 aliphatic heterocycles. The van der Waals surface area contributed by atoms with Crippen LogP contribution in [0.3, 0.4) is 0 Å². The first-order valence-corrected chi connectivity index (χ1v) is 9.02. The molecule has 6 nitrogen and oxygen atoms in total. The van der Waals surface area contributed by atoms with Gasteiger partial charge in [-0.15, -0.1) is 0 Å². The van der Waals surface area contributed by atoms with Gasteiger partial charge in [0.15, 0.2) is 0 Å². The minimum absolute atomic E-state index is 0.0585. The largest absolute Gasteiger partial charge is 0.386 e. The molecule has 1 aliphatic rings. The summed E-state index contributed by atoms with van der Waals surface area (Å²) in [4.78, 5) is 22.5. The first-order chi connectivity index (χ1) is 11.5. The van der Waals surface area contributed by atoms with Gasteiger partial charge in [-0.05, 0) is 42.2 Å². The zero-order valence-corrected chi connectivity index (χ0v) is 14.6. The minimum atomic E-state index is -0.929. The number of hydrogen-bond donors (Lipinski definition) is 2. The Balaban J connectivity index is 1.57. The Morgan fingerprint density at radius 2 is 2.38 bits per heavy atom. The van der Waals surface area contributed by atoms with Crippen molar-refractivity contribution in [2.45, 2.75) is 31.8 Å². The maximum Gasteiger partial charge on any atom is 0.224 e. The molecule has 2 aromatic rings. The summed E-state index contributed by atoms with van der Waals surface area (Å²) in [6.07, 6.45) is 3.43. The van der Waals surface area contributed by atoms with Gasteiger partial charge in [-0.2, -0.15) is 11.3 Å². The van der Waals surface area contributed by atoms with Crippen molar-refractivity contribution in [2.24, 2.45) is 0 Å². The number of β-amino-alcohol motifs (C(OH)–C–C–N with tert-alkyl or cyclic N) is 1. The highest BCUT2D eigenvalue weighted by Crippen LogP contribution is 2.24. The van der Waals surface area contributed by atoms with Crippen LogP contribution in [-0.2, 0) is 11.2 Å². The van der Waals surface area contributed by atoms with Crippen molar-refractivity contribution in [1.82, 2.24) is 15.3 Å². The Labute approximate surface area is 145 Å².